The van der Waals surface area contributed by atoms with E-state index >= 15 is 0 Å². The van der Waals surface area contributed by atoms with Crippen molar-refractivity contribution < 1.29 is 15.3 Å². The summed E-state index contributed by atoms with van der Waals surface area (Å²) in [5.41, 5.74) is 6.74. The molecule has 3 N–H and O–H groups in total. The molecule has 3 heteroatoms. The lowest BCUT2D eigenvalue weighted by molar-refractivity contribution is 0.364. The molecule has 0 heterocycles. The summed E-state index contributed by atoms with van der Waals surface area (Å²) in [5.74, 6) is 0.917. The number of phenolic OH excluding ortho intramolecular Hbond substituents is 3. The van der Waals surface area contributed by atoms with Crippen molar-refractivity contribution in [1.82, 2.24) is 0 Å². The molecule has 1 aliphatic carbocycles. The van der Waals surface area contributed by atoms with E-state index in [-0.39, 0.29) is 10.8 Å². The molecule has 2 atom stereocenters. The summed E-state index contributed by atoms with van der Waals surface area (Å²) < 4.78 is 0. The van der Waals surface area contributed by atoms with Crippen LogP contribution < -0.4 is 0 Å². The van der Waals surface area contributed by atoms with Crippen molar-refractivity contribution >= 4 is 0 Å². The van der Waals surface area contributed by atoms with Gasteiger partial charge in [-0.2, -0.15) is 0 Å². The van der Waals surface area contributed by atoms with Gasteiger partial charge >= 0.3 is 0 Å². The minimum absolute atomic E-state index is 0.224. The first-order valence-corrected chi connectivity index (χ1v) is 10.5. The van der Waals surface area contributed by atoms with Crippen molar-refractivity contribution in [3.05, 3.63) is 87.5 Å². The quantitative estimate of drug-likeness (QED) is 0.483. The highest BCUT2D eigenvalue weighted by Gasteiger charge is 2.44. The van der Waals surface area contributed by atoms with E-state index in [9.17, 15) is 15.3 Å². The van der Waals surface area contributed by atoms with Crippen LogP contribution in [0.25, 0.3) is 0 Å². The molecule has 0 aliphatic heterocycles. The average Bonchev–Trinajstić information content (AvgIpc) is 2.71. The zero-order valence-corrected chi connectivity index (χ0v) is 18.4. The maximum Gasteiger partial charge on any atom is 0.118 e. The number of hydrogen-bond acceptors (Lipinski definition) is 3. The van der Waals surface area contributed by atoms with Crippen LogP contribution in [0.4, 0.5) is 0 Å². The number of phenols is 3. The van der Waals surface area contributed by atoms with Gasteiger partial charge in [-0.3, -0.25) is 0 Å². The van der Waals surface area contributed by atoms with Crippen molar-refractivity contribution in [3.8, 4) is 17.2 Å². The molecule has 0 saturated heterocycles. The van der Waals surface area contributed by atoms with Crippen molar-refractivity contribution in [1.29, 1.82) is 0 Å². The SMILES string of the molecule is Cc1cc([C@]2(C)CC[C@](C)(c3ccc(O)c(C)c3)c3cc(C)c(O)cc32)ccc1O. The van der Waals surface area contributed by atoms with Crippen molar-refractivity contribution in [3.63, 3.8) is 0 Å². The molecule has 30 heavy (non-hydrogen) atoms. The number of hydrogen-bond donors (Lipinski definition) is 3. The van der Waals surface area contributed by atoms with E-state index in [0.717, 1.165) is 40.7 Å². The lowest BCUT2D eigenvalue weighted by atomic mass is 9.57. The first kappa shape index (κ1) is 20.3. The molecule has 156 valence electrons. The van der Waals surface area contributed by atoms with E-state index in [1.54, 1.807) is 12.1 Å². The highest BCUT2D eigenvalue weighted by molar-refractivity contribution is 5.58. The highest BCUT2D eigenvalue weighted by atomic mass is 16.3. The van der Waals surface area contributed by atoms with E-state index in [1.165, 1.54) is 11.1 Å². The van der Waals surface area contributed by atoms with Crippen LogP contribution in [0, 0.1) is 20.8 Å². The van der Waals surface area contributed by atoms with E-state index < -0.39 is 0 Å². The van der Waals surface area contributed by atoms with Crippen LogP contribution in [0.1, 0.15) is 65.6 Å². The van der Waals surface area contributed by atoms with Crippen LogP contribution in [0.2, 0.25) is 0 Å². The third kappa shape index (κ3) is 2.96. The third-order valence-corrected chi connectivity index (χ3v) is 7.32. The van der Waals surface area contributed by atoms with Crippen LogP contribution in [0.5, 0.6) is 17.2 Å². The zero-order valence-electron chi connectivity index (χ0n) is 18.4. The lowest BCUT2D eigenvalue weighted by Gasteiger charge is -2.46. The fraction of sp³-hybridized carbons (Fsp3) is 0.333. The van der Waals surface area contributed by atoms with Gasteiger partial charge in [0.25, 0.3) is 0 Å². The summed E-state index contributed by atoms with van der Waals surface area (Å²) in [4.78, 5) is 0. The lowest BCUT2D eigenvalue weighted by Crippen LogP contribution is -2.39. The first-order valence-electron chi connectivity index (χ1n) is 10.5. The molecule has 4 rings (SSSR count). The number of fused-ring (bicyclic) bond motifs is 1. The highest BCUT2D eigenvalue weighted by Crippen LogP contribution is 2.53. The summed E-state index contributed by atoms with van der Waals surface area (Å²) in [5, 5.41) is 30.7. The minimum atomic E-state index is -0.273. The smallest absolute Gasteiger partial charge is 0.118 e. The molecule has 0 saturated carbocycles. The number of aromatic hydroxyl groups is 3. The Morgan fingerprint density at radius 3 is 1.40 bits per heavy atom. The second-order valence-corrected chi connectivity index (χ2v) is 9.35. The number of rotatable bonds is 2. The Labute approximate surface area is 178 Å². The van der Waals surface area contributed by atoms with Crippen LogP contribution >= 0.6 is 0 Å². The van der Waals surface area contributed by atoms with Gasteiger partial charge in [0, 0.05) is 10.8 Å². The zero-order chi connectivity index (χ0) is 21.8. The van der Waals surface area contributed by atoms with Crippen LogP contribution in [-0.4, -0.2) is 15.3 Å². The Morgan fingerprint density at radius 1 is 0.567 bits per heavy atom. The molecule has 3 nitrogen and oxygen atoms in total. The van der Waals surface area contributed by atoms with E-state index in [1.807, 2.05) is 39.0 Å². The maximum absolute atomic E-state index is 10.6. The van der Waals surface area contributed by atoms with Crippen molar-refractivity contribution in [2.24, 2.45) is 0 Å². The Bertz CT molecular complexity index is 1060. The molecule has 0 amide bonds. The van der Waals surface area contributed by atoms with Crippen LogP contribution in [0.3, 0.4) is 0 Å². The first-order chi connectivity index (χ1) is 14.1. The molecular formula is C27H30O3. The van der Waals surface area contributed by atoms with E-state index in [2.05, 4.69) is 32.0 Å². The predicted octanol–water partition coefficient (Wildman–Crippen LogP) is 6.13. The van der Waals surface area contributed by atoms with Gasteiger partial charge in [-0.15, -0.1) is 0 Å². The Kier molecular flexibility index (Phi) is 4.61. The second-order valence-electron chi connectivity index (χ2n) is 9.35. The van der Waals surface area contributed by atoms with E-state index in [0.29, 0.717) is 17.2 Å². The molecule has 0 unspecified atom stereocenters. The van der Waals surface area contributed by atoms with Gasteiger partial charge < -0.3 is 15.3 Å². The van der Waals surface area contributed by atoms with E-state index in [4.69, 9.17) is 0 Å². The average molecular weight is 403 g/mol. The van der Waals surface area contributed by atoms with Gasteiger partial charge in [0.15, 0.2) is 0 Å². The van der Waals surface area contributed by atoms with Gasteiger partial charge in [0.1, 0.15) is 17.2 Å². The van der Waals surface area contributed by atoms with Gasteiger partial charge in [-0.25, -0.2) is 0 Å². The van der Waals surface area contributed by atoms with Crippen molar-refractivity contribution in [2.75, 3.05) is 0 Å². The number of benzene rings is 3. The molecule has 0 spiro atoms. The summed E-state index contributed by atoms with van der Waals surface area (Å²) >= 11 is 0. The topological polar surface area (TPSA) is 60.7 Å². The normalized spacial score (nSPS) is 23.2. The van der Waals surface area contributed by atoms with Gasteiger partial charge in [-0.1, -0.05) is 44.2 Å². The Balaban J connectivity index is 1.96. The molecule has 3 aromatic rings. The minimum Gasteiger partial charge on any atom is -0.508 e. The Hall–Kier alpha value is -2.94. The molecule has 0 bridgehead atoms. The maximum atomic E-state index is 10.6. The van der Waals surface area contributed by atoms with Gasteiger partial charge in [-0.05, 0) is 90.8 Å². The fourth-order valence-corrected chi connectivity index (χ4v) is 4.98. The Morgan fingerprint density at radius 2 is 0.967 bits per heavy atom. The standard InChI is InChI=1S/C27H30O3/c1-16-12-19(6-8-23(16)28)26(4)10-11-27(5,20-7-9-24(29)17(2)13-20)22-15-25(30)18(3)14-21(22)26/h6-9,12-15,28-30H,10-11H2,1-5H3/t26-,27+/m1/s1. The van der Waals surface area contributed by atoms with Crippen molar-refractivity contribution in [2.45, 2.75) is 58.3 Å². The summed E-state index contributed by atoms with van der Waals surface area (Å²) in [6.45, 7) is 10.3. The number of aryl methyl sites for hydroxylation is 3. The second kappa shape index (κ2) is 6.80. The van der Waals surface area contributed by atoms with Gasteiger partial charge in [0.05, 0.1) is 0 Å². The monoisotopic (exact) mass is 402 g/mol. The van der Waals surface area contributed by atoms with Gasteiger partial charge in [0.2, 0.25) is 0 Å². The summed E-state index contributed by atoms with van der Waals surface area (Å²) in [7, 11) is 0. The van der Waals surface area contributed by atoms with Crippen LogP contribution in [0.15, 0.2) is 48.5 Å². The predicted molar refractivity (Wildman–Crippen MR) is 121 cm³/mol. The molecule has 1 aliphatic rings. The molecule has 0 aromatic heterocycles. The third-order valence-electron chi connectivity index (χ3n) is 7.32. The fourth-order valence-electron chi connectivity index (χ4n) is 4.98. The molecule has 3 aromatic carbocycles. The van der Waals surface area contributed by atoms with Crippen LogP contribution in [-0.2, 0) is 10.8 Å². The summed E-state index contributed by atoms with van der Waals surface area (Å²) in [6, 6.07) is 15.7. The molecule has 0 fully saturated rings. The molecular weight excluding hydrogens is 372 g/mol. The largest absolute Gasteiger partial charge is 0.508 e. The summed E-state index contributed by atoms with van der Waals surface area (Å²) in [6.07, 6.45) is 1.84. The molecule has 0 radical (unpaired) electrons.